The van der Waals surface area contributed by atoms with E-state index in [1.165, 1.54) is 10.7 Å². The van der Waals surface area contributed by atoms with E-state index in [-0.39, 0.29) is 47.9 Å². The Balaban J connectivity index is 0.821. The van der Waals surface area contributed by atoms with E-state index in [4.69, 9.17) is 4.74 Å². The maximum Gasteiger partial charge on any atom is 0.262 e. The molecule has 0 bridgehead atoms. The molecule has 4 aromatic rings. The van der Waals surface area contributed by atoms with Crippen LogP contribution >= 0.6 is 0 Å². The lowest BCUT2D eigenvalue weighted by atomic mass is 9.97. The number of fused-ring (bicyclic) bond motifs is 3. The van der Waals surface area contributed by atoms with E-state index in [1.54, 1.807) is 36.7 Å². The van der Waals surface area contributed by atoms with E-state index >= 15 is 0 Å². The highest BCUT2D eigenvalue weighted by Crippen LogP contribution is 2.38. The van der Waals surface area contributed by atoms with Gasteiger partial charge in [0.05, 0.1) is 29.1 Å². The molecule has 3 saturated heterocycles. The van der Waals surface area contributed by atoms with Crippen molar-refractivity contribution in [2.75, 3.05) is 36.4 Å². The van der Waals surface area contributed by atoms with Gasteiger partial charge in [0.25, 0.3) is 23.6 Å². The Hall–Kier alpha value is -6.16. The summed E-state index contributed by atoms with van der Waals surface area (Å²) in [6.07, 6.45) is 6.46. The van der Waals surface area contributed by atoms with Gasteiger partial charge >= 0.3 is 0 Å². The molecule has 2 aromatic carbocycles. The minimum absolute atomic E-state index is 0.0395. The summed E-state index contributed by atoms with van der Waals surface area (Å²) >= 11 is 0. The average Bonchev–Trinajstić information content (AvgIpc) is 3.79. The molecule has 0 radical (unpaired) electrons. The fraction of sp³-hybridized carbons (Fsp3) is 0.385. The molecule has 1 unspecified atom stereocenters. The molecule has 9 rings (SSSR count). The predicted molar refractivity (Wildman–Crippen MR) is 197 cm³/mol. The Kier molecular flexibility index (Phi) is 8.37. The number of nitrogens with one attached hydrogen (secondary N) is 2. The van der Waals surface area contributed by atoms with Gasteiger partial charge in [0.1, 0.15) is 17.4 Å². The molecule has 16 heteroatoms. The summed E-state index contributed by atoms with van der Waals surface area (Å²) in [5.74, 6) is -2.05. The Morgan fingerprint density at radius 3 is 2.47 bits per heavy atom. The predicted octanol–water partition coefficient (Wildman–Crippen LogP) is 2.48. The van der Waals surface area contributed by atoms with Crippen LogP contribution in [-0.4, -0.2) is 115 Å². The van der Waals surface area contributed by atoms with Crippen molar-refractivity contribution in [1.29, 1.82) is 0 Å². The highest BCUT2D eigenvalue weighted by atomic mass is 16.5. The van der Waals surface area contributed by atoms with Gasteiger partial charge in [-0.3, -0.25) is 43.9 Å². The van der Waals surface area contributed by atoms with Crippen LogP contribution in [0.2, 0.25) is 0 Å². The number of piperidine rings is 2. The van der Waals surface area contributed by atoms with Crippen LogP contribution in [0.1, 0.15) is 86.5 Å². The number of hydrogen-bond donors (Lipinski definition) is 2. The number of carbonyl (C=O) groups excluding carboxylic acids is 6. The number of aromatic nitrogens is 3. The van der Waals surface area contributed by atoms with Crippen molar-refractivity contribution in [1.82, 2.24) is 34.6 Å². The van der Waals surface area contributed by atoms with Crippen LogP contribution in [0, 0.1) is 0 Å². The number of carbonyl (C=O) groups is 6. The number of likely N-dealkylation sites (tertiary alicyclic amines) is 1. The topological polar surface area (TPSA) is 179 Å². The molecule has 2 N–H and O–H groups in total. The zero-order valence-electron chi connectivity index (χ0n) is 30.4. The summed E-state index contributed by atoms with van der Waals surface area (Å²) in [6.45, 7) is 7.41. The summed E-state index contributed by atoms with van der Waals surface area (Å²) in [4.78, 5) is 89.5. The Morgan fingerprint density at radius 1 is 0.927 bits per heavy atom. The van der Waals surface area contributed by atoms with Crippen LogP contribution in [0.3, 0.4) is 0 Å². The van der Waals surface area contributed by atoms with Crippen LogP contribution in [0.5, 0.6) is 5.75 Å². The second-order valence-corrected chi connectivity index (χ2v) is 15.0. The molecule has 1 atom stereocenters. The molecule has 0 spiro atoms. The van der Waals surface area contributed by atoms with E-state index in [9.17, 15) is 28.8 Å². The molecule has 0 aliphatic carbocycles. The van der Waals surface area contributed by atoms with E-state index in [0.29, 0.717) is 40.8 Å². The fourth-order valence-corrected chi connectivity index (χ4v) is 8.40. The molecule has 0 saturated carbocycles. The van der Waals surface area contributed by atoms with Gasteiger partial charge in [-0.05, 0) is 75.1 Å². The van der Waals surface area contributed by atoms with Crippen molar-refractivity contribution in [2.24, 2.45) is 0 Å². The Bertz CT molecular complexity index is 2310. The van der Waals surface area contributed by atoms with Gasteiger partial charge < -0.3 is 19.9 Å². The van der Waals surface area contributed by atoms with E-state index in [1.807, 2.05) is 30.9 Å². The third-order valence-corrected chi connectivity index (χ3v) is 11.3. The lowest BCUT2D eigenvalue weighted by Crippen LogP contribution is -2.62. The van der Waals surface area contributed by atoms with Crippen LogP contribution in [0.25, 0.3) is 5.65 Å². The first-order chi connectivity index (χ1) is 26.5. The summed E-state index contributed by atoms with van der Waals surface area (Å²) < 4.78 is 7.62. The van der Waals surface area contributed by atoms with Crippen LogP contribution in [0.15, 0.2) is 55.0 Å². The molecule has 5 aliphatic heterocycles. The van der Waals surface area contributed by atoms with E-state index < -0.39 is 29.7 Å². The monoisotopic (exact) mass is 745 g/mol. The van der Waals surface area contributed by atoms with Crippen LogP contribution in [-0.2, 0) is 16.1 Å². The summed E-state index contributed by atoms with van der Waals surface area (Å²) in [5.41, 5.74) is 4.04. The lowest BCUT2D eigenvalue weighted by molar-refractivity contribution is -0.136. The second-order valence-electron chi connectivity index (χ2n) is 15.0. The number of anilines is 2. The minimum atomic E-state index is -0.996. The quantitative estimate of drug-likeness (QED) is 0.253. The SMILES string of the molecule is CC(C)Oc1cc2c(cc1NC(=O)c1cnn3cccnc13)CN(C1CCN(C3CN(c4ccc5c(c4)C(=O)N(C4CCC(=O)NC4=O)C5=O)C3)CC1)C2=O. The summed E-state index contributed by atoms with van der Waals surface area (Å²) in [7, 11) is 0. The highest BCUT2D eigenvalue weighted by Gasteiger charge is 2.45. The molecule has 3 fully saturated rings. The van der Waals surface area contributed by atoms with Crippen molar-refractivity contribution >= 4 is 52.5 Å². The third-order valence-electron chi connectivity index (χ3n) is 11.3. The molecule has 55 heavy (non-hydrogen) atoms. The minimum Gasteiger partial charge on any atom is -0.489 e. The number of amides is 6. The van der Waals surface area contributed by atoms with Crippen molar-refractivity contribution < 1.29 is 33.5 Å². The maximum absolute atomic E-state index is 13.8. The average molecular weight is 746 g/mol. The van der Waals surface area contributed by atoms with Crippen molar-refractivity contribution in [3.05, 3.63) is 82.8 Å². The smallest absolute Gasteiger partial charge is 0.262 e. The van der Waals surface area contributed by atoms with Gasteiger partial charge in [0.2, 0.25) is 11.8 Å². The summed E-state index contributed by atoms with van der Waals surface area (Å²) in [5, 5.41) is 9.43. The van der Waals surface area contributed by atoms with Gasteiger partial charge in [-0.2, -0.15) is 5.10 Å². The normalized spacial score (nSPS) is 20.7. The Labute approximate surface area is 315 Å². The molecule has 7 heterocycles. The zero-order valence-corrected chi connectivity index (χ0v) is 30.4. The second kappa shape index (κ2) is 13.3. The van der Waals surface area contributed by atoms with Gasteiger partial charge in [0.15, 0.2) is 5.65 Å². The largest absolute Gasteiger partial charge is 0.489 e. The number of rotatable bonds is 8. The van der Waals surface area contributed by atoms with Gasteiger partial charge in [-0.1, -0.05) is 0 Å². The van der Waals surface area contributed by atoms with Gasteiger partial charge in [-0.25, -0.2) is 9.50 Å². The van der Waals surface area contributed by atoms with Crippen LogP contribution < -0.4 is 20.3 Å². The lowest BCUT2D eigenvalue weighted by Gasteiger charge is -2.49. The third kappa shape index (κ3) is 5.96. The van der Waals surface area contributed by atoms with Crippen molar-refractivity contribution in [3.8, 4) is 5.75 Å². The number of hydrogen-bond acceptors (Lipinski definition) is 11. The highest BCUT2D eigenvalue weighted by molar-refractivity contribution is 6.23. The molecular formula is C39H39N9O7. The van der Waals surface area contributed by atoms with Crippen LogP contribution in [0.4, 0.5) is 11.4 Å². The molecule has 16 nitrogen and oxygen atoms in total. The number of ether oxygens (including phenoxy) is 1. The van der Waals surface area contributed by atoms with E-state index in [0.717, 1.165) is 55.2 Å². The number of nitrogens with zero attached hydrogens (tertiary/aromatic N) is 7. The zero-order chi connectivity index (χ0) is 38.1. The number of benzene rings is 2. The molecule has 282 valence electrons. The first-order valence-corrected chi connectivity index (χ1v) is 18.6. The summed E-state index contributed by atoms with van der Waals surface area (Å²) in [6, 6.07) is 9.91. The molecule has 6 amide bonds. The Morgan fingerprint density at radius 2 is 1.71 bits per heavy atom. The first-order valence-electron chi connectivity index (χ1n) is 18.6. The first kappa shape index (κ1) is 34.6. The number of imide groups is 2. The standard InChI is InChI=1S/C39H39N9O7/c1-21(2)55-32-16-27-22(14-30(32)42-35(50)29-17-41-47-11-3-10-40-34(29)47)18-46(37(27)52)23-8-12-44(13-9-23)25-19-45(20-25)24-4-5-26-28(15-24)39(54)48(38(26)53)31-6-7-33(49)43-36(31)51/h3-5,10-11,14-17,21,23,25,31H,6-9,12-13,18-20H2,1-2H3,(H,42,50)(H,43,49,51). The van der Waals surface area contributed by atoms with Gasteiger partial charge in [0, 0.05) is 74.9 Å². The van der Waals surface area contributed by atoms with Gasteiger partial charge in [-0.15, -0.1) is 0 Å². The molecular weight excluding hydrogens is 706 g/mol. The molecule has 5 aliphatic rings. The maximum atomic E-state index is 13.8. The fourth-order valence-electron chi connectivity index (χ4n) is 8.40. The van der Waals surface area contributed by atoms with E-state index in [2.05, 4.69) is 30.5 Å². The van der Waals surface area contributed by atoms with Crippen molar-refractivity contribution in [3.63, 3.8) is 0 Å². The molecule has 2 aromatic heterocycles. The van der Waals surface area contributed by atoms with Crippen molar-refractivity contribution in [2.45, 2.75) is 70.3 Å².